The van der Waals surface area contributed by atoms with Crippen molar-refractivity contribution in [2.75, 3.05) is 6.54 Å². The maximum Gasteiger partial charge on any atom is 0.169 e. The van der Waals surface area contributed by atoms with Crippen molar-refractivity contribution in [3.05, 3.63) is 77.6 Å². The van der Waals surface area contributed by atoms with Gasteiger partial charge >= 0.3 is 0 Å². The number of nitrogens with zero attached hydrogens (tertiary/aromatic N) is 3. The van der Waals surface area contributed by atoms with Crippen LogP contribution in [0.5, 0.6) is 0 Å². The lowest BCUT2D eigenvalue weighted by molar-refractivity contribution is 0.102. The van der Waals surface area contributed by atoms with Gasteiger partial charge in [0.25, 0.3) is 0 Å². The number of carbonyl (C=O) groups is 1. The van der Waals surface area contributed by atoms with Crippen LogP contribution in [0.4, 0.5) is 0 Å². The summed E-state index contributed by atoms with van der Waals surface area (Å²) in [6.07, 6.45) is 11.1. The first kappa shape index (κ1) is 24.9. The average Bonchev–Trinajstić information content (AvgIpc) is 3.78. The van der Waals surface area contributed by atoms with Crippen LogP contribution in [-0.2, 0) is 6.54 Å². The van der Waals surface area contributed by atoms with Crippen LogP contribution >= 0.6 is 11.3 Å². The third-order valence-electron chi connectivity index (χ3n) is 7.92. The van der Waals surface area contributed by atoms with Gasteiger partial charge in [-0.25, -0.2) is 0 Å². The van der Waals surface area contributed by atoms with Crippen LogP contribution in [0.25, 0.3) is 54.9 Å². The van der Waals surface area contributed by atoms with Crippen LogP contribution in [0.2, 0.25) is 0 Å². The highest BCUT2D eigenvalue weighted by atomic mass is 32.1. The second-order valence-electron chi connectivity index (χ2n) is 10.7. The molecule has 6 aromatic rings. The maximum atomic E-state index is 11.8. The Morgan fingerprint density at radius 3 is 2.70 bits per heavy atom. The van der Waals surface area contributed by atoms with Gasteiger partial charge in [0, 0.05) is 47.0 Å². The van der Waals surface area contributed by atoms with Crippen molar-refractivity contribution in [2.24, 2.45) is 5.92 Å². The number of hydrogen-bond donors (Lipinski definition) is 3. The predicted molar refractivity (Wildman–Crippen MR) is 161 cm³/mol. The Balaban J connectivity index is 1.20. The Morgan fingerprint density at radius 2 is 1.85 bits per heavy atom. The van der Waals surface area contributed by atoms with Crippen molar-refractivity contribution in [1.29, 1.82) is 0 Å². The van der Waals surface area contributed by atoms with Crippen molar-refractivity contribution in [3.8, 4) is 33.1 Å². The minimum absolute atomic E-state index is 0.0676. The highest BCUT2D eigenvalue weighted by Gasteiger charge is 2.17. The van der Waals surface area contributed by atoms with Gasteiger partial charge in [-0.05, 0) is 85.8 Å². The van der Waals surface area contributed by atoms with Crippen LogP contribution in [-0.4, -0.2) is 37.5 Å². The molecule has 1 fully saturated rings. The largest absolute Gasteiger partial charge is 0.353 e. The maximum absolute atomic E-state index is 11.8. The summed E-state index contributed by atoms with van der Waals surface area (Å²) in [6.45, 7) is 3.51. The fraction of sp³-hybridized carbons (Fsp3) is 0.250. The number of Topliss-reactive ketones (excluding diaryl/α,β-unsaturated/α-hetero) is 1. The van der Waals surface area contributed by atoms with Gasteiger partial charge in [0.1, 0.15) is 5.69 Å². The Hall–Kier alpha value is -4.14. The number of benzene rings is 1. The van der Waals surface area contributed by atoms with Crippen LogP contribution in [0.3, 0.4) is 0 Å². The van der Waals surface area contributed by atoms with E-state index in [1.807, 2.05) is 30.6 Å². The smallest absolute Gasteiger partial charge is 0.169 e. The Kier molecular flexibility index (Phi) is 6.49. The van der Waals surface area contributed by atoms with Crippen LogP contribution in [0.15, 0.2) is 67.1 Å². The number of aromatic amines is 2. The van der Waals surface area contributed by atoms with Gasteiger partial charge in [0.2, 0.25) is 0 Å². The zero-order valence-electron chi connectivity index (χ0n) is 22.3. The SMILES string of the molecule is CC(=O)c1ccc(-c2nccc3[nH]c(-c4n[nH]c5ccc(-c6cncc(CNCC7CCCC7)c6)cc45)cc23)s1. The second kappa shape index (κ2) is 10.4. The summed E-state index contributed by atoms with van der Waals surface area (Å²) in [5.74, 6) is 0.885. The Labute approximate surface area is 236 Å². The van der Waals surface area contributed by atoms with E-state index in [1.54, 1.807) is 13.1 Å². The molecule has 3 N–H and O–H groups in total. The van der Waals surface area contributed by atoms with E-state index in [-0.39, 0.29) is 5.78 Å². The molecule has 1 saturated carbocycles. The zero-order valence-corrected chi connectivity index (χ0v) is 23.1. The van der Waals surface area contributed by atoms with Gasteiger partial charge in [-0.2, -0.15) is 5.10 Å². The van der Waals surface area contributed by atoms with Crippen LogP contribution in [0, 0.1) is 5.92 Å². The number of fused-ring (bicyclic) bond motifs is 2. The molecule has 7 rings (SSSR count). The summed E-state index contributed by atoms with van der Waals surface area (Å²) in [4.78, 5) is 26.3. The number of thiophene rings is 1. The highest BCUT2D eigenvalue weighted by molar-refractivity contribution is 7.17. The van der Waals surface area contributed by atoms with Crippen molar-refractivity contribution in [3.63, 3.8) is 0 Å². The topological polar surface area (TPSA) is 99.4 Å². The highest BCUT2D eigenvalue weighted by Crippen LogP contribution is 2.36. The molecule has 0 saturated heterocycles. The molecule has 5 heterocycles. The Morgan fingerprint density at radius 1 is 0.975 bits per heavy atom. The van der Waals surface area contributed by atoms with E-state index in [0.29, 0.717) is 0 Å². The number of aromatic nitrogens is 5. The van der Waals surface area contributed by atoms with E-state index in [1.165, 1.54) is 42.6 Å². The first-order valence-electron chi connectivity index (χ1n) is 13.8. The molecule has 0 radical (unpaired) electrons. The van der Waals surface area contributed by atoms with E-state index < -0.39 is 0 Å². The van der Waals surface area contributed by atoms with Crippen LogP contribution < -0.4 is 5.32 Å². The van der Waals surface area contributed by atoms with Gasteiger partial charge in [-0.15, -0.1) is 11.3 Å². The number of rotatable bonds is 8. The number of nitrogens with one attached hydrogen (secondary N) is 3. The molecule has 1 aromatic carbocycles. The molecule has 8 heteroatoms. The molecule has 7 nitrogen and oxygen atoms in total. The third-order valence-corrected chi connectivity index (χ3v) is 9.11. The molecule has 0 spiro atoms. The standard InChI is InChI=1S/C32H30N6OS/c1-19(39)29-8-9-30(40-29)32-25-14-28(36-26(25)10-11-35-32)31-24-13-22(6-7-27(24)37-38-31)23-12-21(17-34-18-23)16-33-15-20-4-2-3-5-20/h6-14,17-18,20,33,36H,2-5,15-16H2,1H3,(H,37,38). The summed E-state index contributed by atoms with van der Waals surface area (Å²) in [6, 6.07) is 16.5. The quantitative estimate of drug-likeness (QED) is 0.173. The summed E-state index contributed by atoms with van der Waals surface area (Å²) >= 11 is 1.47. The van der Waals surface area contributed by atoms with Crippen molar-refractivity contribution >= 4 is 38.9 Å². The van der Waals surface area contributed by atoms with Crippen molar-refractivity contribution < 1.29 is 4.79 Å². The van der Waals surface area contributed by atoms with Gasteiger partial charge < -0.3 is 10.3 Å². The van der Waals surface area contributed by atoms with Crippen molar-refractivity contribution in [1.82, 2.24) is 30.5 Å². The number of hydrogen-bond acceptors (Lipinski definition) is 6. The molecule has 40 heavy (non-hydrogen) atoms. The third kappa shape index (κ3) is 4.74. The van der Waals surface area contributed by atoms with Gasteiger partial charge in [-0.1, -0.05) is 18.9 Å². The van der Waals surface area contributed by atoms with Gasteiger partial charge in [0.15, 0.2) is 5.78 Å². The van der Waals surface area contributed by atoms with Gasteiger partial charge in [-0.3, -0.25) is 19.9 Å². The van der Waals surface area contributed by atoms with Crippen molar-refractivity contribution in [2.45, 2.75) is 39.2 Å². The summed E-state index contributed by atoms with van der Waals surface area (Å²) in [5.41, 5.74) is 7.98. The first-order valence-corrected chi connectivity index (χ1v) is 14.7. The minimum Gasteiger partial charge on any atom is -0.353 e. The second-order valence-corrected chi connectivity index (χ2v) is 11.8. The molecule has 1 aliphatic carbocycles. The van der Waals surface area contributed by atoms with E-state index in [2.05, 4.69) is 60.8 Å². The average molecular weight is 547 g/mol. The number of H-pyrrole nitrogens is 2. The first-order chi connectivity index (χ1) is 19.6. The summed E-state index contributed by atoms with van der Waals surface area (Å²) < 4.78 is 0. The van der Waals surface area contributed by atoms with E-state index in [9.17, 15) is 4.79 Å². The number of carbonyl (C=O) groups excluding carboxylic acids is 1. The van der Waals surface area contributed by atoms with E-state index >= 15 is 0 Å². The minimum atomic E-state index is 0.0676. The van der Waals surface area contributed by atoms with Crippen LogP contribution in [0.1, 0.15) is 47.8 Å². The molecule has 0 atom stereocenters. The molecule has 0 amide bonds. The summed E-state index contributed by atoms with van der Waals surface area (Å²) in [5, 5.41) is 13.5. The Bertz CT molecular complexity index is 1840. The molecule has 5 aromatic heterocycles. The normalized spacial score (nSPS) is 14.0. The van der Waals surface area contributed by atoms with E-state index in [4.69, 9.17) is 0 Å². The fourth-order valence-electron chi connectivity index (χ4n) is 5.81. The molecule has 0 aliphatic heterocycles. The summed E-state index contributed by atoms with van der Waals surface area (Å²) in [7, 11) is 0. The monoisotopic (exact) mass is 546 g/mol. The number of pyridine rings is 2. The lowest BCUT2D eigenvalue weighted by Gasteiger charge is -2.11. The lowest BCUT2D eigenvalue weighted by atomic mass is 10.0. The molecule has 0 unspecified atom stereocenters. The fourth-order valence-corrected chi connectivity index (χ4v) is 6.72. The lowest BCUT2D eigenvalue weighted by Crippen LogP contribution is -2.20. The van der Waals surface area contributed by atoms with E-state index in [0.717, 1.165) is 78.8 Å². The molecule has 0 bridgehead atoms. The molecule has 1 aliphatic rings. The molecule has 200 valence electrons. The van der Waals surface area contributed by atoms with Gasteiger partial charge in [0.05, 0.1) is 26.7 Å². The molecular formula is C32H30N6OS. The predicted octanol–water partition coefficient (Wildman–Crippen LogP) is 7.38. The molecular weight excluding hydrogens is 516 g/mol. The number of ketones is 1. The zero-order chi connectivity index (χ0) is 27.1.